The zero-order chi connectivity index (χ0) is 24.9. The summed E-state index contributed by atoms with van der Waals surface area (Å²) in [4.78, 5) is 2.92. The maximum Gasteiger partial charge on any atom is 0.241 e. The van der Waals surface area contributed by atoms with E-state index in [1.807, 2.05) is 0 Å². The first-order valence-corrected chi connectivity index (χ1v) is 13.1. The number of amidine groups is 1. The Balaban J connectivity index is 2.25. The van der Waals surface area contributed by atoms with Crippen molar-refractivity contribution in [3.05, 3.63) is 42.0 Å². The molecule has 9 N–H and O–H groups in total. The van der Waals surface area contributed by atoms with Gasteiger partial charge in [0.05, 0.1) is 12.2 Å². The number of sulfonamides is 2. The Kier molecular flexibility index (Phi) is 8.09. The first-order chi connectivity index (χ1) is 16.1. The number of nitrogens with one attached hydrogen (secondary N) is 2. The van der Waals surface area contributed by atoms with Crippen LogP contribution in [-0.4, -0.2) is 66.7 Å². The van der Waals surface area contributed by atoms with Crippen LogP contribution in [0.15, 0.2) is 61.4 Å². The van der Waals surface area contributed by atoms with Gasteiger partial charge in [-0.1, -0.05) is 18.2 Å². The molecule has 13 nitrogen and oxygen atoms in total. The number of primary sulfonamides is 1. The molecule has 1 aliphatic heterocycles. The van der Waals surface area contributed by atoms with Crippen LogP contribution in [0.1, 0.15) is 5.56 Å². The van der Waals surface area contributed by atoms with E-state index >= 15 is 0 Å². The fourth-order valence-corrected chi connectivity index (χ4v) is 5.91. The van der Waals surface area contributed by atoms with Gasteiger partial charge in [-0.15, -0.1) is 5.11 Å². The van der Waals surface area contributed by atoms with Gasteiger partial charge < -0.3 is 21.9 Å². The molecule has 0 radical (unpaired) electrons. The van der Waals surface area contributed by atoms with Crippen molar-refractivity contribution in [3.63, 3.8) is 0 Å². The average molecular weight is 511 g/mol. The van der Waals surface area contributed by atoms with Crippen LogP contribution in [0.3, 0.4) is 0 Å². The standard InChI is InChI=1S/C19H26N8O5S2/c20-6-7-26-34(31,32)16-5-4-15(12-2-1-3-14(8-12)23-9-13(21)10-28)17(18(16)33(22,29)30)19-24-11-25-27-19/h1-5,8,13,23,26,28H,6-7,9-11,20-21H2,(H2,22,29,30)/t13-/m0/s1. The van der Waals surface area contributed by atoms with Gasteiger partial charge in [-0.05, 0) is 29.3 Å². The third-order valence-corrected chi connectivity index (χ3v) is 7.41. The monoisotopic (exact) mass is 510 g/mol. The normalized spacial score (nSPS) is 14.8. The summed E-state index contributed by atoms with van der Waals surface area (Å²) in [6.45, 7) is -0.0428. The van der Waals surface area contributed by atoms with E-state index in [2.05, 4.69) is 25.3 Å². The Morgan fingerprint density at radius 3 is 2.53 bits per heavy atom. The van der Waals surface area contributed by atoms with E-state index in [1.165, 1.54) is 6.07 Å². The van der Waals surface area contributed by atoms with Crippen LogP contribution in [-0.2, 0) is 20.0 Å². The number of hydrogen-bond acceptors (Lipinski definition) is 11. The van der Waals surface area contributed by atoms with Gasteiger partial charge in [-0.2, -0.15) is 5.11 Å². The fourth-order valence-electron chi connectivity index (χ4n) is 3.26. The molecule has 1 atom stereocenters. The Bertz CT molecular complexity index is 1330. The largest absolute Gasteiger partial charge is 0.395 e. The van der Waals surface area contributed by atoms with Crippen molar-refractivity contribution in [2.75, 3.05) is 38.2 Å². The molecule has 0 bridgehead atoms. The quantitative estimate of drug-likeness (QED) is 0.222. The van der Waals surface area contributed by atoms with Crippen molar-refractivity contribution in [2.45, 2.75) is 15.8 Å². The van der Waals surface area contributed by atoms with Gasteiger partial charge in [0.2, 0.25) is 20.0 Å². The third kappa shape index (κ3) is 5.82. The molecule has 1 heterocycles. The number of benzene rings is 2. The maximum atomic E-state index is 12.9. The zero-order valence-corrected chi connectivity index (χ0v) is 19.7. The molecule has 184 valence electrons. The predicted molar refractivity (Wildman–Crippen MR) is 127 cm³/mol. The molecule has 0 unspecified atom stereocenters. The smallest absolute Gasteiger partial charge is 0.241 e. The number of azo groups is 1. The first-order valence-electron chi connectivity index (χ1n) is 10.1. The molecule has 0 saturated carbocycles. The summed E-state index contributed by atoms with van der Waals surface area (Å²) in [6, 6.07) is 9.03. The summed E-state index contributed by atoms with van der Waals surface area (Å²) in [5.41, 5.74) is 12.5. The molecule has 15 heteroatoms. The Hall–Kier alpha value is -2.79. The molecule has 0 amide bonds. The molecule has 0 saturated heterocycles. The summed E-state index contributed by atoms with van der Waals surface area (Å²) in [5.74, 6) is -0.0597. The van der Waals surface area contributed by atoms with Gasteiger partial charge in [0.15, 0.2) is 12.5 Å². The Morgan fingerprint density at radius 2 is 1.91 bits per heavy atom. The minimum absolute atomic E-state index is 0.00946. The summed E-state index contributed by atoms with van der Waals surface area (Å²) < 4.78 is 53.4. The van der Waals surface area contributed by atoms with Crippen molar-refractivity contribution < 1.29 is 21.9 Å². The van der Waals surface area contributed by atoms with Crippen molar-refractivity contribution >= 4 is 31.6 Å². The number of aliphatic hydroxyl groups excluding tert-OH is 1. The van der Waals surface area contributed by atoms with E-state index < -0.39 is 35.9 Å². The van der Waals surface area contributed by atoms with Crippen molar-refractivity contribution in [3.8, 4) is 11.1 Å². The topological polar surface area (TPSA) is 228 Å². The summed E-state index contributed by atoms with van der Waals surface area (Å²) >= 11 is 0. The van der Waals surface area contributed by atoms with Crippen LogP contribution in [0.4, 0.5) is 5.69 Å². The average Bonchev–Trinajstić information content (AvgIpc) is 3.34. The van der Waals surface area contributed by atoms with E-state index in [0.717, 1.165) is 6.07 Å². The lowest BCUT2D eigenvalue weighted by molar-refractivity contribution is 0.270. The third-order valence-electron chi connectivity index (χ3n) is 4.78. The molecule has 0 fully saturated rings. The van der Waals surface area contributed by atoms with Crippen LogP contribution in [0.2, 0.25) is 0 Å². The highest BCUT2D eigenvalue weighted by molar-refractivity contribution is 7.92. The van der Waals surface area contributed by atoms with E-state index in [0.29, 0.717) is 23.4 Å². The fraction of sp³-hybridized carbons (Fsp3) is 0.316. The van der Waals surface area contributed by atoms with E-state index in [9.17, 15) is 16.8 Å². The lowest BCUT2D eigenvalue weighted by atomic mass is 9.98. The van der Waals surface area contributed by atoms with Crippen molar-refractivity contribution in [1.29, 1.82) is 0 Å². The minimum atomic E-state index is -4.57. The number of nitrogens with two attached hydrogens (primary N) is 3. The second-order valence-corrected chi connectivity index (χ2v) is 10.5. The maximum absolute atomic E-state index is 12.9. The molecule has 3 rings (SSSR count). The zero-order valence-electron chi connectivity index (χ0n) is 18.0. The molecule has 0 spiro atoms. The highest BCUT2D eigenvalue weighted by Gasteiger charge is 2.32. The molecule has 2 aromatic rings. The van der Waals surface area contributed by atoms with Gasteiger partial charge in [-0.25, -0.2) is 31.7 Å². The van der Waals surface area contributed by atoms with Crippen LogP contribution >= 0.6 is 0 Å². The van der Waals surface area contributed by atoms with Crippen LogP contribution in [0, 0.1) is 0 Å². The van der Waals surface area contributed by atoms with Gasteiger partial charge >= 0.3 is 0 Å². The second kappa shape index (κ2) is 10.6. The lowest BCUT2D eigenvalue weighted by Crippen LogP contribution is -2.32. The Morgan fingerprint density at radius 1 is 1.15 bits per heavy atom. The number of hydrogen-bond donors (Lipinski definition) is 6. The molecular weight excluding hydrogens is 484 g/mol. The van der Waals surface area contributed by atoms with Crippen LogP contribution in [0.5, 0.6) is 0 Å². The van der Waals surface area contributed by atoms with Crippen LogP contribution < -0.4 is 26.6 Å². The number of rotatable bonds is 11. The molecule has 0 aromatic heterocycles. The molecule has 0 aliphatic carbocycles. The highest BCUT2D eigenvalue weighted by Crippen LogP contribution is 2.35. The van der Waals surface area contributed by atoms with E-state index in [-0.39, 0.29) is 37.8 Å². The number of anilines is 1. The number of aliphatic imine (C=N–C) groups is 1. The summed E-state index contributed by atoms with van der Waals surface area (Å²) in [7, 11) is -8.85. The van der Waals surface area contributed by atoms with Crippen molar-refractivity contribution in [2.24, 2.45) is 31.8 Å². The second-order valence-electron chi connectivity index (χ2n) is 7.32. The summed E-state index contributed by atoms with van der Waals surface area (Å²) in [6.07, 6.45) is 0. The molecular formula is C19H26N8O5S2. The highest BCUT2D eigenvalue weighted by atomic mass is 32.2. The molecule has 1 aliphatic rings. The lowest BCUT2D eigenvalue weighted by Gasteiger charge is -2.18. The molecule has 2 aromatic carbocycles. The minimum Gasteiger partial charge on any atom is -0.395 e. The van der Waals surface area contributed by atoms with Gasteiger partial charge in [0, 0.05) is 31.4 Å². The SMILES string of the molecule is NCCNS(=O)(=O)c1ccc(-c2cccc(NC[C@H](N)CO)c2)c(C2=NCN=N2)c1S(N)(=O)=O. The van der Waals surface area contributed by atoms with Crippen LogP contribution in [0.25, 0.3) is 11.1 Å². The van der Waals surface area contributed by atoms with Gasteiger partial charge in [-0.3, -0.25) is 0 Å². The molecule has 34 heavy (non-hydrogen) atoms. The van der Waals surface area contributed by atoms with E-state index in [1.54, 1.807) is 24.3 Å². The van der Waals surface area contributed by atoms with Gasteiger partial charge in [0.25, 0.3) is 0 Å². The number of aliphatic hydroxyl groups is 1. The number of nitrogens with zero attached hydrogens (tertiary/aromatic N) is 3. The first kappa shape index (κ1) is 25.8. The predicted octanol–water partition coefficient (Wildman–Crippen LogP) is -0.861. The Labute approximate surface area is 197 Å². The summed E-state index contributed by atoms with van der Waals surface area (Å²) in [5, 5.41) is 25.4. The van der Waals surface area contributed by atoms with E-state index in [4.69, 9.17) is 21.7 Å². The van der Waals surface area contributed by atoms with Crippen molar-refractivity contribution in [1.82, 2.24) is 4.72 Å². The van der Waals surface area contributed by atoms with Gasteiger partial charge in [0.1, 0.15) is 9.79 Å².